The third-order valence-electron chi connectivity index (χ3n) is 4.06. The largest absolute Gasteiger partial charge is 0.307 e. The molecule has 120 valence electrons. The molecule has 0 saturated heterocycles. The summed E-state index contributed by atoms with van der Waals surface area (Å²) in [6, 6.07) is 32.0. The summed E-state index contributed by atoms with van der Waals surface area (Å²) >= 11 is 0. The maximum absolute atomic E-state index is 3.59. The summed E-state index contributed by atoms with van der Waals surface area (Å²) < 4.78 is 0. The number of hydrogen-bond acceptors (Lipinski definition) is 1. The highest BCUT2D eigenvalue weighted by molar-refractivity contribution is 5.80. The summed E-state index contributed by atoms with van der Waals surface area (Å²) in [5, 5.41) is 3.59. The fraction of sp³-hybridized carbons (Fsp3) is 0.130. The third-order valence-corrected chi connectivity index (χ3v) is 4.06. The van der Waals surface area contributed by atoms with Crippen LogP contribution in [0.2, 0.25) is 0 Å². The molecule has 0 fully saturated rings. The van der Waals surface area contributed by atoms with Crippen LogP contribution in [0.25, 0.3) is 5.57 Å². The highest BCUT2D eigenvalue weighted by Crippen LogP contribution is 2.23. The predicted molar refractivity (Wildman–Crippen MR) is 103 cm³/mol. The molecule has 1 N–H and O–H groups in total. The monoisotopic (exact) mass is 313 g/mol. The van der Waals surface area contributed by atoms with Crippen LogP contribution in [-0.2, 0) is 6.54 Å². The van der Waals surface area contributed by atoms with E-state index in [0.29, 0.717) is 0 Å². The van der Waals surface area contributed by atoms with Crippen LogP contribution in [0.3, 0.4) is 0 Å². The van der Waals surface area contributed by atoms with Crippen molar-refractivity contribution >= 4 is 5.57 Å². The van der Waals surface area contributed by atoms with Gasteiger partial charge < -0.3 is 5.32 Å². The zero-order chi connectivity index (χ0) is 16.6. The minimum Gasteiger partial charge on any atom is -0.307 e. The zero-order valence-corrected chi connectivity index (χ0v) is 14.0. The lowest BCUT2D eigenvalue weighted by Crippen LogP contribution is -2.23. The summed E-state index contributed by atoms with van der Waals surface area (Å²) in [5.74, 6) is 0. The second-order valence-corrected chi connectivity index (χ2v) is 5.97. The van der Waals surface area contributed by atoms with Gasteiger partial charge in [0.2, 0.25) is 0 Å². The van der Waals surface area contributed by atoms with E-state index in [1.54, 1.807) is 0 Å². The molecule has 0 unspecified atom stereocenters. The first kappa shape index (κ1) is 16.2. The molecule has 1 atom stereocenters. The summed E-state index contributed by atoms with van der Waals surface area (Å²) in [6.45, 7) is 3.07. The van der Waals surface area contributed by atoms with E-state index in [0.717, 1.165) is 6.54 Å². The van der Waals surface area contributed by atoms with Gasteiger partial charge in [-0.3, -0.25) is 0 Å². The van der Waals surface area contributed by atoms with E-state index in [2.05, 4.69) is 109 Å². The van der Waals surface area contributed by atoms with Crippen LogP contribution in [0.5, 0.6) is 0 Å². The standard InChI is InChI=1S/C23H23N/c1-19(24-18-20-11-5-2-6-12-20)17-23(21-13-7-3-8-14-21)22-15-9-4-10-16-22/h2-17,19,24H,18H2,1H3/t19-/m0/s1. The van der Waals surface area contributed by atoms with E-state index >= 15 is 0 Å². The average molecular weight is 313 g/mol. The molecule has 0 heterocycles. The Hall–Kier alpha value is -2.64. The fourth-order valence-corrected chi connectivity index (χ4v) is 2.78. The molecule has 3 rings (SSSR count). The van der Waals surface area contributed by atoms with Crippen molar-refractivity contribution < 1.29 is 0 Å². The summed E-state index contributed by atoms with van der Waals surface area (Å²) in [5.41, 5.74) is 5.07. The van der Waals surface area contributed by atoms with Gasteiger partial charge in [-0.2, -0.15) is 0 Å². The number of benzene rings is 3. The Labute approximate surface area is 144 Å². The van der Waals surface area contributed by atoms with Crippen LogP contribution in [0, 0.1) is 0 Å². The lowest BCUT2D eigenvalue weighted by molar-refractivity contribution is 0.634. The molecule has 3 aromatic carbocycles. The average Bonchev–Trinajstić information content (AvgIpc) is 2.67. The number of nitrogens with one attached hydrogen (secondary N) is 1. The molecule has 3 aromatic rings. The minimum absolute atomic E-state index is 0.278. The third kappa shape index (κ3) is 4.43. The second-order valence-electron chi connectivity index (χ2n) is 5.97. The van der Waals surface area contributed by atoms with E-state index in [1.165, 1.54) is 22.3 Å². The molecule has 0 bridgehead atoms. The Kier molecular flexibility index (Phi) is 5.60. The molecule has 0 aliphatic rings. The zero-order valence-electron chi connectivity index (χ0n) is 14.0. The van der Waals surface area contributed by atoms with Crippen molar-refractivity contribution in [3.8, 4) is 0 Å². The van der Waals surface area contributed by atoms with Gasteiger partial charge >= 0.3 is 0 Å². The van der Waals surface area contributed by atoms with Gasteiger partial charge in [-0.1, -0.05) is 97.1 Å². The van der Waals surface area contributed by atoms with Gasteiger partial charge in [-0.05, 0) is 29.2 Å². The quantitative estimate of drug-likeness (QED) is 0.651. The normalized spacial score (nSPS) is 11.7. The van der Waals surface area contributed by atoms with Crippen molar-refractivity contribution in [3.63, 3.8) is 0 Å². The van der Waals surface area contributed by atoms with E-state index in [1.807, 2.05) is 0 Å². The Morgan fingerprint density at radius 2 is 1.21 bits per heavy atom. The molecule has 0 aliphatic heterocycles. The second kappa shape index (κ2) is 8.28. The first-order valence-electron chi connectivity index (χ1n) is 8.43. The number of rotatable bonds is 6. The molecular weight excluding hydrogens is 290 g/mol. The lowest BCUT2D eigenvalue weighted by atomic mass is 9.96. The molecular formula is C23H23N. The molecule has 24 heavy (non-hydrogen) atoms. The molecule has 0 amide bonds. The van der Waals surface area contributed by atoms with Gasteiger partial charge in [-0.25, -0.2) is 0 Å². The predicted octanol–water partition coefficient (Wildman–Crippen LogP) is 5.30. The summed E-state index contributed by atoms with van der Waals surface area (Å²) in [7, 11) is 0. The maximum Gasteiger partial charge on any atom is 0.0234 e. The van der Waals surface area contributed by atoms with E-state index in [-0.39, 0.29) is 6.04 Å². The number of hydrogen-bond donors (Lipinski definition) is 1. The van der Waals surface area contributed by atoms with Crippen LogP contribution in [0.4, 0.5) is 0 Å². The SMILES string of the molecule is C[C@@H](C=C(c1ccccc1)c1ccccc1)NCc1ccccc1. The van der Waals surface area contributed by atoms with Crippen molar-refractivity contribution in [2.24, 2.45) is 0 Å². The summed E-state index contributed by atoms with van der Waals surface area (Å²) in [6.07, 6.45) is 2.31. The molecule has 0 aliphatic carbocycles. The topological polar surface area (TPSA) is 12.0 Å². The van der Waals surface area contributed by atoms with Crippen LogP contribution >= 0.6 is 0 Å². The molecule has 1 nitrogen and oxygen atoms in total. The Morgan fingerprint density at radius 3 is 1.71 bits per heavy atom. The summed E-state index contributed by atoms with van der Waals surface area (Å²) in [4.78, 5) is 0. The molecule has 0 saturated carbocycles. The van der Waals surface area contributed by atoms with Gasteiger partial charge in [0.1, 0.15) is 0 Å². The van der Waals surface area contributed by atoms with Crippen LogP contribution in [0.1, 0.15) is 23.6 Å². The maximum atomic E-state index is 3.59. The van der Waals surface area contributed by atoms with Crippen LogP contribution in [0.15, 0.2) is 97.1 Å². The molecule has 0 aromatic heterocycles. The first-order chi connectivity index (χ1) is 11.8. The van der Waals surface area contributed by atoms with Gasteiger partial charge in [0.25, 0.3) is 0 Å². The van der Waals surface area contributed by atoms with E-state index in [9.17, 15) is 0 Å². The molecule has 0 spiro atoms. The highest BCUT2D eigenvalue weighted by atomic mass is 14.9. The molecule has 0 radical (unpaired) electrons. The van der Waals surface area contributed by atoms with Crippen molar-refractivity contribution in [1.29, 1.82) is 0 Å². The Morgan fingerprint density at radius 1 is 0.750 bits per heavy atom. The fourth-order valence-electron chi connectivity index (χ4n) is 2.78. The van der Waals surface area contributed by atoms with Crippen LogP contribution < -0.4 is 5.32 Å². The van der Waals surface area contributed by atoms with Gasteiger partial charge in [0, 0.05) is 12.6 Å². The van der Waals surface area contributed by atoms with E-state index < -0.39 is 0 Å². The van der Waals surface area contributed by atoms with E-state index in [4.69, 9.17) is 0 Å². The van der Waals surface area contributed by atoms with Crippen molar-refractivity contribution in [2.75, 3.05) is 0 Å². The van der Waals surface area contributed by atoms with Crippen molar-refractivity contribution in [2.45, 2.75) is 19.5 Å². The highest BCUT2D eigenvalue weighted by Gasteiger charge is 2.07. The van der Waals surface area contributed by atoms with Crippen LogP contribution in [-0.4, -0.2) is 6.04 Å². The smallest absolute Gasteiger partial charge is 0.0234 e. The molecule has 1 heteroatoms. The lowest BCUT2D eigenvalue weighted by Gasteiger charge is -2.14. The van der Waals surface area contributed by atoms with Gasteiger partial charge in [0.15, 0.2) is 0 Å². The van der Waals surface area contributed by atoms with Gasteiger partial charge in [-0.15, -0.1) is 0 Å². The van der Waals surface area contributed by atoms with Crippen molar-refractivity contribution in [3.05, 3.63) is 114 Å². The first-order valence-corrected chi connectivity index (χ1v) is 8.43. The minimum atomic E-state index is 0.278. The van der Waals surface area contributed by atoms with Crippen molar-refractivity contribution in [1.82, 2.24) is 5.32 Å². The Balaban J connectivity index is 1.81. The Bertz CT molecular complexity index is 719. The van der Waals surface area contributed by atoms with Gasteiger partial charge in [0.05, 0.1) is 0 Å².